The summed E-state index contributed by atoms with van der Waals surface area (Å²) in [4.78, 5) is 25.8. The number of Topliss-reactive ketones (excluding diaryl/α,β-unsaturated/α-hetero) is 1. The molecule has 2 heterocycles. The lowest BCUT2D eigenvalue weighted by molar-refractivity contribution is 0.0898. The molecule has 1 N–H and O–H groups in total. The largest absolute Gasteiger partial charge is 0.492 e. The molecule has 0 bridgehead atoms. The van der Waals surface area contributed by atoms with Crippen molar-refractivity contribution in [3.63, 3.8) is 0 Å². The number of piperidine rings is 1. The van der Waals surface area contributed by atoms with Gasteiger partial charge in [-0.3, -0.25) is 9.59 Å². The van der Waals surface area contributed by atoms with Gasteiger partial charge in [0.15, 0.2) is 11.5 Å². The molecule has 0 saturated carbocycles. The second-order valence-electron chi connectivity index (χ2n) is 9.81. The summed E-state index contributed by atoms with van der Waals surface area (Å²) in [5.41, 5.74) is 1.09. The summed E-state index contributed by atoms with van der Waals surface area (Å²) in [5, 5.41) is 2.75. The Morgan fingerprint density at radius 2 is 1.88 bits per heavy atom. The summed E-state index contributed by atoms with van der Waals surface area (Å²) in [6.45, 7) is 8.73. The highest BCUT2D eigenvalue weighted by atomic mass is 32.2. The highest BCUT2D eigenvalue weighted by Crippen LogP contribution is 2.39. The van der Waals surface area contributed by atoms with Crippen molar-refractivity contribution >= 4 is 27.4 Å². The zero-order chi connectivity index (χ0) is 24.7. The predicted molar refractivity (Wildman–Crippen MR) is 128 cm³/mol. The number of ketones is 1. The Balaban J connectivity index is 1.64. The van der Waals surface area contributed by atoms with E-state index in [0.717, 1.165) is 19.3 Å². The Morgan fingerprint density at radius 3 is 2.56 bits per heavy atom. The third kappa shape index (κ3) is 4.63. The van der Waals surface area contributed by atoms with E-state index in [2.05, 4.69) is 5.32 Å². The van der Waals surface area contributed by atoms with Gasteiger partial charge in [0, 0.05) is 37.2 Å². The summed E-state index contributed by atoms with van der Waals surface area (Å²) >= 11 is 0. The Kier molecular flexibility index (Phi) is 6.61. The average molecular weight is 489 g/mol. The molecule has 1 aliphatic carbocycles. The molecule has 4 rings (SSSR count). The number of hydrogen-bond acceptors (Lipinski definition) is 6. The molecule has 2 aromatic rings. The Hall–Kier alpha value is -2.65. The number of rotatable bonds is 6. The molecule has 8 nitrogen and oxygen atoms in total. The van der Waals surface area contributed by atoms with Crippen LogP contribution in [0.3, 0.4) is 0 Å². The van der Waals surface area contributed by atoms with Crippen LogP contribution in [0.2, 0.25) is 0 Å². The van der Waals surface area contributed by atoms with Gasteiger partial charge in [-0.15, -0.1) is 0 Å². The van der Waals surface area contributed by atoms with E-state index in [9.17, 15) is 18.0 Å². The van der Waals surface area contributed by atoms with Crippen LogP contribution in [0.15, 0.2) is 27.5 Å². The average Bonchev–Trinajstić information content (AvgIpc) is 3.10. The molecular weight excluding hydrogens is 456 g/mol. The maximum Gasteiger partial charge on any atom is 0.291 e. The van der Waals surface area contributed by atoms with Crippen molar-refractivity contribution < 1.29 is 27.2 Å². The lowest BCUT2D eigenvalue weighted by atomic mass is 9.76. The van der Waals surface area contributed by atoms with E-state index in [-0.39, 0.29) is 27.6 Å². The van der Waals surface area contributed by atoms with Crippen molar-refractivity contribution in [2.24, 2.45) is 5.41 Å². The van der Waals surface area contributed by atoms with Crippen LogP contribution in [0.25, 0.3) is 0 Å². The fraction of sp³-hybridized carbons (Fsp3) is 0.520. The number of carbonyl (C=O) groups is 2. The van der Waals surface area contributed by atoms with Gasteiger partial charge >= 0.3 is 0 Å². The van der Waals surface area contributed by atoms with Gasteiger partial charge in [0.25, 0.3) is 5.91 Å². The number of nitrogens with zero attached hydrogens (tertiary/aromatic N) is 1. The summed E-state index contributed by atoms with van der Waals surface area (Å²) in [6.07, 6.45) is 3.61. The standard InChI is InChI=1S/C25H32N2O6S/c1-5-32-19-10-9-17(13-21(19)34(30,31)27-11-7-6-8-12-27)26-24(29)23-16(2)22-18(28)14-25(3,4)15-20(22)33-23/h9-10,13H,5-8,11-12,14-15H2,1-4H3,(H,26,29). The quantitative estimate of drug-likeness (QED) is 0.639. The van der Waals surface area contributed by atoms with E-state index in [1.165, 1.54) is 10.4 Å². The molecule has 9 heteroatoms. The third-order valence-electron chi connectivity index (χ3n) is 6.42. The number of carbonyl (C=O) groups excluding carboxylic acids is 2. The molecular formula is C25H32N2O6S. The molecule has 184 valence electrons. The normalized spacial score (nSPS) is 18.4. The summed E-state index contributed by atoms with van der Waals surface area (Å²) in [6, 6.07) is 4.59. The highest BCUT2D eigenvalue weighted by Gasteiger charge is 2.37. The molecule has 1 fully saturated rings. The van der Waals surface area contributed by atoms with Gasteiger partial charge in [0.1, 0.15) is 16.4 Å². The number of fused-ring (bicyclic) bond motifs is 1. The SMILES string of the molecule is CCOc1ccc(NC(=O)c2oc3c(c2C)C(=O)CC(C)(C)C3)cc1S(=O)(=O)N1CCCCC1. The molecule has 0 radical (unpaired) electrons. The van der Waals surface area contributed by atoms with Crippen molar-refractivity contribution in [2.75, 3.05) is 25.0 Å². The summed E-state index contributed by atoms with van der Waals surface area (Å²) in [7, 11) is -3.78. The minimum Gasteiger partial charge on any atom is -0.492 e. The maximum atomic E-state index is 13.4. The van der Waals surface area contributed by atoms with Crippen LogP contribution in [0, 0.1) is 12.3 Å². The minimum atomic E-state index is -3.78. The van der Waals surface area contributed by atoms with Gasteiger partial charge in [0.2, 0.25) is 10.0 Å². The van der Waals surface area contributed by atoms with E-state index < -0.39 is 15.9 Å². The van der Waals surface area contributed by atoms with Crippen molar-refractivity contribution in [3.8, 4) is 5.75 Å². The summed E-state index contributed by atoms with van der Waals surface area (Å²) < 4.78 is 39.6. The lowest BCUT2D eigenvalue weighted by Crippen LogP contribution is -2.35. The molecule has 1 saturated heterocycles. The minimum absolute atomic E-state index is 0.0254. The third-order valence-corrected chi connectivity index (χ3v) is 8.34. The van der Waals surface area contributed by atoms with Crippen molar-refractivity contribution in [3.05, 3.63) is 40.8 Å². The molecule has 2 aliphatic rings. The number of hydrogen-bond donors (Lipinski definition) is 1. The number of anilines is 1. The molecule has 1 aromatic carbocycles. The van der Waals surface area contributed by atoms with Crippen LogP contribution in [-0.2, 0) is 16.4 Å². The fourth-order valence-electron chi connectivity index (χ4n) is 4.79. The first-order chi connectivity index (χ1) is 16.0. The number of benzene rings is 1. The van der Waals surface area contributed by atoms with Crippen LogP contribution in [-0.4, -0.2) is 44.1 Å². The highest BCUT2D eigenvalue weighted by molar-refractivity contribution is 7.89. The van der Waals surface area contributed by atoms with Gasteiger partial charge in [-0.05, 0) is 50.3 Å². The number of nitrogens with one attached hydrogen (secondary N) is 1. The molecule has 1 aliphatic heterocycles. The maximum absolute atomic E-state index is 13.4. The zero-order valence-corrected chi connectivity index (χ0v) is 21.0. The molecule has 34 heavy (non-hydrogen) atoms. The fourth-order valence-corrected chi connectivity index (χ4v) is 6.47. The second-order valence-corrected chi connectivity index (χ2v) is 11.7. The number of ether oxygens (including phenoxy) is 1. The summed E-state index contributed by atoms with van der Waals surface area (Å²) in [5.74, 6) is 0.309. The predicted octanol–water partition coefficient (Wildman–Crippen LogP) is 4.57. The lowest BCUT2D eigenvalue weighted by Gasteiger charge is -2.27. The zero-order valence-electron chi connectivity index (χ0n) is 20.2. The molecule has 0 unspecified atom stereocenters. The van der Waals surface area contributed by atoms with E-state index in [1.54, 1.807) is 26.0 Å². The van der Waals surface area contributed by atoms with Crippen LogP contribution >= 0.6 is 0 Å². The van der Waals surface area contributed by atoms with Gasteiger partial charge < -0.3 is 14.5 Å². The Labute approximate surface area is 200 Å². The van der Waals surface area contributed by atoms with Crippen LogP contribution in [0.5, 0.6) is 5.75 Å². The van der Waals surface area contributed by atoms with Gasteiger partial charge in [-0.2, -0.15) is 4.31 Å². The van der Waals surface area contributed by atoms with Crippen molar-refractivity contribution in [1.29, 1.82) is 0 Å². The van der Waals surface area contributed by atoms with Gasteiger partial charge in [0.05, 0.1) is 12.2 Å². The molecule has 1 aromatic heterocycles. The molecule has 0 spiro atoms. The first kappa shape index (κ1) is 24.5. The van der Waals surface area contributed by atoms with Gasteiger partial charge in [-0.25, -0.2) is 8.42 Å². The van der Waals surface area contributed by atoms with Crippen molar-refractivity contribution in [2.45, 2.75) is 64.7 Å². The smallest absolute Gasteiger partial charge is 0.291 e. The van der Waals surface area contributed by atoms with E-state index in [4.69, 9.17) is 9.15 Å². The number of furan rings is 1. The number of amides is 1. The first-order valence-electron chi connectivity index (χ1n) is 11.8. The monoisotopic (exact) mass is 488 g/mol. The first-order valence-corrected chi connectivity index (χ1v) is 13.2. The molecule has 1 amide bonds. The van der Waals surface area contributed by atoms with E-state index >= 15 is 0 Å². The van der Waals surface area contributed by atoms with Gasteiger partial charge in [-0.1, -0.05) is 20.3 Å². The van der Waals surface area contributed by atoms with Crippen LogP contribution < -0.4 is 10.1 Å². The van der Waals surface area contributed by atoms with Crippen LogP contribution in [0.4, 0.5) is 5.69 Å². The van der Waals surface area contributed by atoms with Crippen molar-refractivity contribution in [1.82, 2.24) is 4.31 Å². The topological polar surface area (TPSA) is 106 Å². The molecule has 0 atom stereocenters. The Morgan fingerprint density at radius 1 is 1.18 bits per heavy atom. The number of sulfonamides is 1. The van der Waals surface area contributed by atoms with E-state index in [1.807, 2.05) is 13.8 Å². The van der Waals surface area contributed by atoms with Crippen LogP contribution in [0.1, 0.15) is 78.7 Å². The second kappa shape index (κ2) is 9.19. The van der Waals surface area contributed by atoms with E-state index in [0.29, 0.717) is 55.1 Å². The Bertz CT molecular complexity index is 1220.